The minimum atomic E-state index is -1.48. The molecule has 2 N–H and O–H groups in total. The van der Waals surface area contributed by atoms with Crippen LogP contribution in [0.25, 0.3) is 0 Å². The van der Waals surface area contributed by atoms with E-state index in [4.69, 9.17) is 0 Å². The van der Waals surface area contributed by atoms with Gasteiger partial charge in [0.2, 0.25) is 0 Å². The number of hydrogen-bond acceptors (Lipinski definition) is 5. The predicted molar refractivity (Wildman–Crippen MR) is 104 cm³/mol. The van der Waals surface area contributed by atoms with Crippen LogP contribution in [0.2, 0.25) is 0 Å². The minimum absolute atomic E-state index is 0.0603. The van der Waals surface area contributed by atoms with Gasteiger partial charge in [0.1, 0.15) is 0 Å². The van der Waals surface area contributed by atoms with Gasteiger partial charge in [0.05, 0.1) is 10.6 Å². The maximum absolute atomic E-state index is 12.9. The van der Waals surface area contributed by atoms with E-state index in [1.807, 2.05) is 30.3 Å². The van der Waals surface area contributed by atoms with E-state index in [1.54, 1.807) is 30.3 Å². The van der Waals surface area contributed by atoms with E-state index < -0.39 is 27.9 Å². The first-order valence-electron chi connectivity index (χ1n) is 8.41. The molecule has 28 heavy (non-hydrogen) atoms. The number of carboxylic acids is 1. The Morgan fingerprint density at radius 2 is 1.54 bits per heavy atom. The van der Waals surface area contributed by atoms with Crippen LogP contribution in [0.1, 0.15) is 31.8 Å². The average Bonchev–Trinajstić information content (AvgIpc) is 2.72. The minimum Gasteiger partial charge on any atom is -0.477 e. The second-order valence-corrected chi connectivity index (χ2v) is 5.98. The highest BCUT2D eigenvalue weighted by atomic mass is 16.6. The summed E-state index contributed by atoms with van der Waals surface area (Å²) in [5, 5.41) is 23.9. The van der Waals surface area contributed by atoms with Crippen LogP contribution in [0, 0.1) is 10.1 Å². The molecule has 0 aliphatic heterocycles. The summed E-state index contributed by atoms with van der Waals surface area (Å²) in [6.07, 6.45) is 0. The van der Waals surface area contributed by atoms with E-state index in [-0.39, 0.29) is 17.8 Å². The molecule has 7 nitrogen and oxygen atoms in total. The molecule has 0 fully saturated rings. The number of nitro groups is 1. The Bertz CT molecular complexity index is 1030. The number of carbonyl (C=O) groups excluding carboxylic acids is 1. The zero-order valence-electron chi connectivity index (χ0n) is 14.7. The summed E-state index contributed by atoms with van der Waals surface area (Å²) in [7, 11) is 0. The quantitative estimate of drug-likeness (QED) is 0.364. The molecule has 3 rings (SSSR count). The van der Waals surface area contributed by atoms with Gasteiger partial charge in [0.25, 0.3) is 5.69 Å². The first kappa shape index (κ1) is 18.8. The van der Waals surface area contributed by atoms with Gasteiger partial charge in [0, 0.05) is 23.7 Å². The summed E-state index contributed by atoms with van der Waals surface area (Å²) in [4.78, 5) is 35.3. The van der Waals surface area contributed by atoms with Gasteiger partial charge in [-0.25, -0.2) is 4.79 Å². The van der Waals surface area contributed by atoms with Gasteiger partial charge in [0.15, 0.2) is 11.3 Å². The molecule has 0 bridgehead atoms. The molecular weight excluding hydrogens is 360 g/mol. The van der Waals surface area contributed by atoms with Crippen LogP contribution >= 0.6 is 0 Å². The lowest BCUT2D eigenvalue weighted by atomic mass is 9.97. The highest BCUT2D eigenvalue weighted by molar-refractivity contribution is 6.15. The van der Waals surface area contributed by atoms with Crippen molar-refractivity contribution in [1.29, 1.82) is 0 Å². The van der Waals surface area contributed by atoms with Crippen molar-refractivity contribution in [2.24, 2.45) is 0 Å². The smallest absolute Gasteiger partial charge is 0.344 e. The summed E-state index contributed by atoms with van der Waals surface area (Å²) < 4.78 is 0. The van der Waals surface area contributed by atoms with Gasteiger partial charge in [-0.1, -0.05) is 60.7 Å². The SMILES string of the molecule is O=C(c1ccccc1)c1ccc([N+](=O)[O-])c(C(=O)O)c1NCc1ccccc1. The maximum Gasteiger partial charge on any atom is 0.344 e. The van der Waals surface area contributed by atoms with Crippen molar-refractivity contribution in [3.8, 4) is 0 Å². The molecule has 0 unspecified atom stereocenters. The fraction of sp³-hybridized carbons (Fsp3) is 0.0476. The Hall–Kier alpha value is -4.00. The molecule has 0 atom stereocenters. The molecule has 0 spiro atoms. The van der Waals surface area contributed by atoms with Gasteiger partial charge in [-0.2, -0.15) is 0 Å². The topological polar surface area (TPSA) is 110 Å². The van der Waals surface area contributed by atoms with E-state index in [1.165, 1.54) is 6.07 Å². The van der Waals surface area contributed by atoms with Crippen LogP contribution in [-0.4, -0.2) is 21.8 Å². The Morgan fingerprint density at radius 1 is 0.929 bits per heavy atom. The molecule has 0 saturated heterocycles. The van der Waals surface area contributed by atoms with E-state index in [0.29, 0.717) is 5.56 Å². The van der Waals surface area contributed by atoms with Crippen molar-refractivity contribution >= 4 is 23.1 Å². The summed E-state index contributed by atoms with van der Waals surface area (Å²) >= 11 is 0. The molecule has 0 saturated carbocycles. The normalized spacial score (nSPS) is 10.3. The van der Waals surface area contributed by atoms with Crippen LogP contribution in [0.15, 0.2) is 72.8 Å². The Labute approximate surface area is 160 Å². The molecule has 3 aromatic rings. The molecule has 0 heterocycles. The molecule has 0 amide bonds. The van der Waals surface area contributed by atoms with Crippen LogP contribution in [0.4, 0.5) is 11.4 Å². The van der Waals surface area contributed by atoms with E-state index in [2.05, 4.69) is 5.32 Å². The summed E-state index contributed by atoms with van der Waals surface area (Å²) in [5.74, 6) is -1.90. The van der Waals surface area contributed by atoms with Crippen molar-refractivity contribution in [2.75, 3.05) is 5.32 Å². The molecular formula is C21H16N2O5. The predicted octanol–water partition coefficient (Wildman–Crippen LogP) is 4.14. The standard InChI is InChI=1S/C21H16N2O5/c24-20(15-9-5-2-6-10-15)16-11-12-17(23(27)28)18(21(25)26)19(16)22-13-14-7-3-1-4-8-14/h1-12,22H,13H2,(H,25,26). The fourth-order valence-electron chi connectivity index (χ4n) is 2.86. The number of ketones is 1. The van der Waals surface area contributed by atoms with Crippen LogP contribution < -0.4 is 5.32 Å². The zero-order valence-corrected chi connectivity index (χ0v) is 14.7. The van der Waals surface area contributed by atoms with Crippen molar-refractivity contribution in [1.82, 2.24) is 0 Å². The molecule has 0 radical (unpaired) electrons. The highest BCUT2D eigenvalue weighted by Crippen LogP contribution is 2.32. The van der Waals surface area contributed by atoms with Crippen molar-refractivity contribution in [3.05, 3.63) is 105 Å². The lowest BCUT2D eigenvalue weighted by molar-refractivity contribution is -0.385. The van der Waals surface area contributed by atoms with Crippen molar-refractivity contribution < 1.29 is 19.6 Å². The maximum atomic E-state index is 12.9. The Morgan fingerprint density at radius 3 is 2.11 bits per heavy atom. The molecule has 0 aliphatic carbocycles. The molecule has 0 aliphatic rings. The number of aromatic carboxylic acids is 1. The second-order valence-electron chi connectivity index (χ2n) is 5.98. The lowest BCUT2D eigenvalue weighted by Gasteiger charge is -2.15. The third kappa shape index (κ3) is 3.88. The van der Waals surface area contributed by atoms with Crippen LogP contribution in [-0.2, 0) is 6.54 Å². The van der Waals surface area contributed by atoms with Gasteiger partial charge < -0.3 is 10.4 Å². The van der Waals surface area contributed by atoms with Gasteiger partial charge in [-0.05, 0) is 11.6 Å². The third-order valence-electron chi connectivity index (χ3n) is 4.19. The summed E-state index contributed by atoms with van der Waals surface area (Å²) in [5.41, 5.74) is 0.0684. The molecule has 0 aromatic heterocycles. The van der Waals surface area contributed by atoms with Crippen LogP contribution in [0.3, 0.4) is 0 Å². The van der Waals surface area contributed by atoms with Gasteiger partial charge >= 0.3 is 5.97 Å². The first-order valence-corrected chi connectivity index (χ1v) is 8.41. The van der Waals surface area contributed by atoms with Gasteiger partial charge in [-0.15, -0.1) is 0 Å². The molecule has 3 aromatic carbocycles. The number of hydrogen-bond donors (Lipinski definition) is 2. The zero-order chi connectivity index (χ0) is 20.1. The van der Waals surface area contributed by atoms with Crippen LogP contribution in [0.5, 0.6) is 0 Å². The Kier molecular flexibility index (Phi) is 5.45. The highest BCUT2D eigenvalue weighted by Gasteiger charge is 2.28. The monoisotopic (exact) mass is 376 g/mol. The van der Waals surface area contributed by atoms with E-state index >= 15 is 0 Å². The number of anilines is 1. The largest absolute Gasteiger partial charge is 0.477 e. The second kappa shape index (κ2) is 8.13. The van der Waals surface area contributed by atoms with Crippen molar-refractivity contribution in [3.63, 3.8) is 0 Å². The number of nitrogens with one attached hydrogen (secondary N) is 1. The van der Waals surface area contributed by atoms with E-state index in [9.17, 15) is 24.8 Å². The first-order chi connectivity index (χ1) is 13.5. The number of nitrogens with zero attached hydrogens (tertiary/aromatic N) is 1. The molecule has 140 valence electrons. The number of nitro benzene ring substituents is 1. The lowest BCUT2D eigenvalue weighted by Crippen LogP contribution is -2.15. The van der Waals surface area contributed by atoms with Crippen molar-refractivity contribution in [2.45, 2.75) is 6.54 Å². The van der Waals surface area contributed by atoms with Gasteiger partial charge in [-0.3, -0.25) is 14.9 Å². The summed E-state index contributed by atoms with van der Waals surface area (Å²) in [6.45, 7) is 0.206. The summed E-state index contributed by atoms with van der Waals surface area (Å²) in [6, 6.07) is 19.8. The average molecular weight is 376 g/mol. The van der Waals surface area contributed by atoms with E-state index in [0.717, 1.165) is 11.6 Å². The third-order valence-corrected chi connectivity index (χ3v) is 4.19. The Balaban J connectivity index is 2.12. The number of carbonyl (C=O) groups is 2. The fourth-order valence-corrected chi connectivity index (χ4v) is 2.86. The number of rotatable bonds is 7. The number of carboxylic acid groups (broad SMARTS) is 1. The number of benzene rings is 3. The molecule has 7 heteroatoms.